The molecular weight excluding hydrogens is 285 g/mol. The fourth-order valence-corrected chi connectivity index (χ4v) is 2.42. The maximum absolute atomic E-state index is 12.8. The van der Waals surface area contributed by atoms with Crippen molar-refractivity contribution < 1.29 is 18.8 Å². The van der Waals surface area contributed by atoms with Crippen molar-refractivity contribution >= 4 is 40.2 Å². The molecule has 1 aromatic rings. The number of amides is 3. The number of imide groups is 1. The Bertz CT molecular complexity index is 563. The van der Waals surface area contributed by atoms with E-state index in [4.69, 9.17) is 5.73 Å². The lowest BCUT2D eigenvalue weighted by Gasteiger charge is -2.13. The Morgan fingerprint density at radius 3 is 2.80 bits per heavy atom. The fourth-order valence-electron chi connectivity index (χ4n) is 1.67. The van der Waals surface area contributed by atoms with E-state index in [2.05, 4.69) is 5.32 Å². The van der Waals surface area contributed by atoms with Gasteiger partial charge in [-0.25, -0.2) is 4.39 Å². The number of carbonyl (C=O) groups is 3. The lowest BCUT2D eigenvalue weighted by atomic mass is 10.2. The van der Waals surface area contributed by atoms with Crippen molar-refractivity contribution in [2.24, 2.45) is 0 Å². The van der Waals surface area contributed by atoms with Crippen LogP contribution in [-0.4, -0.2) is 34.3 Å². The Labute approximate surface area is 118 Å². The van der Waals surface area contributed by atoms with Crippen molar-refractivity contribution in [3.63, 3.8) is 0 Å². The molecule has 1 heterocycles. The molecule has 0 atom stereocenters. The zero-order valence-corrected chi connectivity index (χ0v) is 11.2. The second-order valence-electron chi connectivity index (χ2n) is 4.13. The molecule has 0 aliphatic carbocycles. The number of nitrogens with one attached hydrogen (secondary N) is 1. The average Bonchev–Trinajstić information content (AvgIpc) is 2.70. The lowest BCUT2D eigenvalue weighted by Crippen LogP contribution is -2.32. The first kappa shape index (κ1) is 14.3. The Hall–Kier alpha value is -2.09. The third-order valence-corrected chi connectivity index (χ3v) is 3.55. The van der Waals surface area contributed by atoms with Crippen molar-refractivity contribution in [1.29, 1.82) is 0 Å². The second kappa shape index (κ2) is 5.91. The van der Waals surface area contributed by atoms with E-state index in [-0.39, 0.29) is 35.6 Å². The molecule has 0 spiro atoms. The van der Waals surface area contributed by atoms with Gasteiger partial charge in [-0.05, 0) is 18.2 Å². The van der Waals surface area contributed by atoms with Crippen LogP contribution in [0.25, 0.3) is 0 Å². The summed E-state index contributed by atoms with van der Waals surface area (Å²) < 4.78 is 12.8. The van der Waals surface area contributed by atoms with Gasteiger partial charge in [0.05, 0.1) is 17.1 Å². The van der Waals surface area contributed by atoms with Crippen LogP contribution in [0.15, 0.2) is 18.2 Å². The molecule has 3 amide bonds. The first-order valence-electron chi connectivity index (χ1n) is 5.79. The van der Waals surface area contributed by atoms with Crippen LogP contribution in [0.4, 0.5) is 20.6 Å². The van der Waals surface area contributed by atoms with E-state index in [1.54, 1.807) is 0 Å². The maximum atomic E-state index is 12.8. The van der Waals surface area contributed by atoms with Crippen LogP contribution in [0.2, 0.25) is 0 Å². The number of carbonyl (C=O) groups excluding carboxylic acids is 3. The summed E-state index contributed by atoms with van der Waals surface area (Å²) in [5.41, 5.74) is 5.96. The Balaban J connectivity index is 1.89. The van der Waals surface area contributed by atoms with Gasteiger partial charge < -0.3 is 11.1 Å². The Kier molecular flexibility index (Phi) is 4.23. The highest BCUT2D eigenvalue weighted by atomic mass is 32.2. The molecule has 1 aromatic carbocycles. The molecule has 0 aromatic heterocycles. The molecular formula is C12H12FN3O3S. The predicted octanol–water partition coefficient (Wildman–Crippen LogP) is 1.43. The number of benzene rings is 1. The quantitative estimate of drug-likeness (QED) is 0.820. The summed E-state index contributed by atoms with van der Waals surface area (Å²) >= 11 is 0.917. The summed E-state index contributed by atoms with van der Waals surface area (Å²) in [5, 5.41) is 2.16. The monoisotopic (exact) mass is 297 g/mol. The predicted molar refractivity (Wildman–Crippen MR) is 73.6 cm³/mol. The first-order valence-corrected chi connectivity index (χ1v) is 6.78. The molecule has 2 rings (SSSR count). The highest BCUT2D eigenvalue weighted by Gasteiger charge is 2.29. The summed E-state index contributed by atoms with van der Waals surface area (Å²) in [5.74, 6) is -1.08. The van der Waals surface area contributed by atoms with E-state index in [1.165, 1.54) is 12.1 Å². The number of thioether (sulfide) groups is 1. The molecule has 1 saturated heterocycles. The minimum Gasteiger partial charge on any atom is -0.397 e. The second-order valence-corrected chi connectivity index (χ2v) is 5.06. The van der Waals surface area contributed by atoms with Gasteiger partial charge in [-0.2, -0.15) is 0 Å². The van der Waals surface area contributed by atoms with Crippen molar-refractivity contribution in [3.8, 4) is 0 Å². The number of rotatable bonds is 4. The van der Waals surface area contributed by atoms with E-state index in [0.717, 1.165) is 22.7 Å². The lowest BCUT2D eigenvalue weighted by molar-refractivity contribution is -0.125. The minimum absolute atomic E-state index is 0.0254. The van der Waals surface area contributed by atoms with Gasteiger partial charge in [-0.15, -0.1) is 0 Å². The van der Waals surface area contributed by atoms with Crippen LogP contribution >= 0.6 is 11.8 Å². The molecule has 8 heteroatoms. The van der Waals surface area contributed by atoms with Gasteiger partial charge >= 0.3 is 0 Å². The van der Waals surface area contributed by atoms with Crippen LogP contribution in [0.5, 0.6) is 0 Å². The fraction of sp³-hybridized carbons (Fsp3) is 0.250. The van der Waals surface area contributed by atoms with Crippen LogP contribution in [0, 0.1) is 5.82 Å². The van der Waals surface area contributed by atoms with Gasteiger partial charge in [0.2, 0.25) is 11.8 Å². The van der Waals surface area contributed by atoms with E-state index in [0.29, 0.717) is 5.69 Å². The Morgan fingerprint density at radius 1 is 1.45 bits per heavy atom. The number of nitrogen functional groups attached to an aromatic ring is 1. The van der Waals surface area contributed by atoms with E-state index < -0.39 is 11.7 Å². The van der Waals surface area contributed by atoms with Gasteiger partial charge in [-0.3, -0.25) is 19.3 Å². The van der Waals surface area contributed by atoms with Gasteiger partial charge in [0.1, 0.15) is 5.82 Å². The minimum atomic E-state index is -0.495. The van der Waals surface area contributed by atoms with Gasteiger partial charge in [-0.1, -0.05) is 11.8 Å². The third kappa shape index (κ3) is 3.27. The molecule has 1 aliphatic heterocycles. The first-order chi connectivity index (χ1) is 9.47. The number of nitrogens with zero attached hydrogens (tertiary/aromatic N) is 1. The summed E-state index contributed by atoms with van der Waals surface area (Å²) in [6.07, 6.45) is -0.0329. The Morgan fingerprint density at radius 2 is 2.20 bits per heavy atom. The number of anilines is 2. The van der Waals surface area contributed by atoms with Crippen LogP contribution in [0.3, 0.4) is 0 Å². The molecule has 0 saturated carbocycles. The molecule has 3 N–H and O–H groups in total. The number of hydrogen-bond acceptors (Lipinski definition) is 5. The van der Waals surface area contributed by atoms with Gasteiger partial charge in [0.15, 0.2) is 0 Å². The van der Waals surface area contributed by atoms with Crippen LogP contribution in [0.1, 0.15) is 6.42 Å². The standard InChI is InChI=1S/C12H12FN3O3S/c13-7-1-2-9(8(14)5-7)15-10(17)3-4-16-11(18)6-20-12(16)19/h1-2,5H,3-4,6,14H2,(H,15,17). The number of hydrogen-bond donors (Lipinski definition) is 2. The van der Waals surface area contributed by atoms with Crippen molar-refractivity contribution in [3.05, 3.63) is 24.0 Å². The molecule has 0 radical (unpaired) electrons. The largest absolute Gasteiger partial charge is 0.397 e. The van der Waals surface area contributed by atoms with Crippen LogP contribution < -0.4 is 11.1 Å². The molecule has 106 valence electrons. The SMILES string of the molecule is Nc1cc(F)ccc1NC(=O)CCN1C(=O)CSC1=O. The van der Waals surface area contributed by atoms with E-state index in [1.807, 2.05) is 0 Å². The molecule has 1 fully saturated rings. The van der Waals surface area contributed by atoms with E-state index in [9.17, 15) is 18.8 Å². The van der Waals surface area contributed by atoms with Crippen molar-refractivity contribution in [1.82, 2.24) is 4.90 Å². The average molecular weight is 297 g/mol. The summed E-state index contributed by atoms with van der Waals surface area (Å²) in [7, 11) is 0. The highest BCUT2D eigenvalue weighted by molar-refractivity contribution is 8.14. The van der Waals surface area contributed by atoms with Gasteiger partial charge in [0, 0.05) is 13.0 Å². The normalized spacial score (nSPS) is 14.8. The van der Waals surface area contributed by atoms with Gasteiger partial charge in [0.25, 0.3) is 5.24 Å². The molecule has 0 bridgehead atoms. The van der Waals surface area contributed by atoms with Crippen molar-refractivity contribution in [2.75, 3.05) is 23.3 Å². The zero-order valence-electron chi connectivity index (χ0n) is 10.4. The highest BCUT2D eigenvalue weighted by Crippen LogP contribution is 2.21. The molecule has 20 heavy (non-hydrogen) atoms. The molecule has 0 unspecified atom stereocenters. The van der Waals surface area contributed by atoms with Crippen LogP contribution in [-0.2, 0) is 9.59 Å². The molecule has 6 nitrogen and oxygen atoms in total. The molecule has 1 aliphatic rings. The zero-order chi connectivity index (χ0) is 14.7. The number of nitrogens with two attached hydrogens (primary N) is 1. The smallest absolute Gasteiger partial charge is 0.288 e. The number of halogens is 1. The summed E-state index contributed by atoms with van der Waals surface area (Å²) in [6.45, 7) is 0.0254. The maximum Gasteiger partial charge on any atom is 0.288 e. The third-order valence-electron chi connectivity index (χ3n) is 2.69. The summed E-state index contributed by atoms with van der Waals surface area (Å²) in [6, 6.07) is 3.63. The van der Waals surface area contributed by atoms with E-state index >= 15 is 0 Å². The topological polar surface area (TPSA) is 92.5 Å². The van der Waals surface area contributed by atoms with Crippen molar-refractivity contribution in [2.45, 2.75) is 6.42 Å². The summed E-state index contributed by atoms with van der Waals surface area (Å²) in [4.78, 5) is 35.4.